The molecule has 96 valence electrons. The molecule has 1 aliphatic rings. The van der Waals surface area contributed by atoms with Gasteiger partial charge in [0.25, 0.3) is 5.91 Å². The van der Waals surface area contributed by atoms with Gasteiger partial charge in [-0.05, 0) is 19.6 Å². The highest BCUT2D eigenvalue weighted by atomic mass is 32.2. The number of rotatable bonds is 2. The van der Waals surface area contributed by atoms with Crippen molar-refractivity contribution >= 4 is 28.6 Å². The lowest BCUT2D eigenvalue weighted by molar-refractivity contribution is -0.122. The standard InChI is InChI=1S/C9H16N4O3S/c1-11-9(10)12-8(14)7-3-5-13(6-4-7)17(2,15)16/h7H,1,3-6H2,2H3,(H2,10,12,14). The van der Waals surface area contributed by atoms with Crippen molar-refractivity contribution in [2.75, 3.05) is 19.3 Å². The number of amides is 1. The fraction of sp³-hybridized carbons (Fsp3) is 0.667. The number of carbonyl (C=O) groups is 1. The Balaban J connectivity index is 2.59. The van der Waals surface area contributed by atoms with E-state index < -0.39 is 10.0 Å². The Hall–Kier alpha value is -1.28. The molecule has 1 rings (SSSR count). The number of nitrogens with zero attached hydrogens (tertiary/aromatic N) is 3. The van der Waals surface area contributed by atoms with Crippen molar-refractivity contribution in [1.29, 1.82) is 0 Å². The van der Waals surface area contributed by atoms with E-state index in [2.05, 4.69) is 16.7 Å². The minimum atomic E-state index is -3.17. The summed E-state index contributed by atoms with van der Waals surface area (Å²) in [5, 5.41) is 0. The van der Waals surface area contributed by atoms with Crippen LogP contribution in [0.2, 0.25) is 0 Å². The molecule has 0 atom stereocenters. The predicted octanol–water partition coefficient (Wildman–Crippen LogP) is -0.800. The summed E-state index contributed by atoms with van der Waals surface area (Å²) in [7, 11) is -3.17. The third kappa shape index (κ3) is 3.90. The van der Waals surface area contributed by atoms with Gasteiger partial charge in [0.15, 0.2) is 0 Å². The van der Waals surface area contributed by atoms with Crippen LogP contribution in [0, 0.1) is 5.92 Å². The predicted molar refractivity (Wildman–Crippen MR) is 65.3 cm³/mol. The Morgan fingerprint density at radius 1 is 1.41 bits per heavy atom. The van der Waals surface area contributed by atoms with Crippen molar-refractivity contribution < 1.29 is 13.2 Å². The summed E-state index contributed by atoms with van der Waals surface area (Å²) in [6.07, 6.45) is 2.08. The summed E-state index contributed by atoms with van der Waals surface area (Å²) < 4.78 is 23.9. The largest absolute Gasteiger partial charge is 0.368 e. The van der Waals surface area contributed by atoms with Gasteiger partial charge in [-0.3, -0.25) is 4.79 Å². The van der Waals surface area contributed by atoms with Crippen LogP contribution in [0.3, 0.4) is 0 Å². The van der Waals surface area contributed by atoms with Crippen molar-refractivity contribution in [2.45, 2.75) is 12.8 Å². The molecule has 0 bridgehead atoms. The first-order valence-electron chi connectivity index (χ1n) is 5.14. The number of hydrogen-bond acceptors (Lipinski definition) is 3. The minimum absolute atomic E-state index is 0.152. The van der Waals surface area contributed by atoms with Crippen molar-refractivity contribution in [1.82, 2.24) is 4.31 Å². The highest BCUT2D eigenvalue weighted by molar-refractivity contribution is 7.88. The molecule has 0 saturated carbocycles. The smallest absolute Gasteiger partial charge is 0.252 e. The highest BCUT2D eigenvalue weighted by Crippen LogP contribution is 2.20. The zero-order chi connectivity index (χ0) is 13.1. The molecule has 1 saturated heterocycles. The first-order valence-corrected chi connectivity index (χ1v) is 6.99. The van der Waals surface area contributed by atoms with Gasteiger partial charge in [0, 0.05) is 19.0 Å². The summed E-state index contributed by atoms with van der Waals surface area (Å²) in [5.74, 6) is -0.795. The number of aliphatic imine (C=N–C) groups is 2. The second kappa shape index (κ2) is 5.37. The van der Waals surface area contributed by atoms with Gasteiger partial charge in [0.1, 0.15) is 0 Å². The van der Waals surface area contributed by atoms with Crippen LogP contribution in [0.5, 0.6) is 0 Å². The fourth-order valence-electron chi connectivity index (χ4n) is 1.67. The zero-order valence-electron chi connectivity index (χ0n) is 9.66. The van der Waals surface area contributed by atoms with E-state index in [1.54, 1.807) is 0 Å². The van der Waals surface area contributed by atoms with E-state index in [1.807, 2.05) is 0 Å². The van der Waals surface area contributed by atoms with E-state index in [-0.39, 0.29) is 17.8 Å². The third-order valence-electron chi connectivity index (χ3n) is 2.66. The molecule has 1 fully saturated rings. The van der Waals surface area contributed by atoms with Crippen LogP contribution < -0.4 is 5.73 Å². The number of nitrogens with two attached hydrogens (primary N) is 1. The van der Waals surface area contributed by atoms with Gasteiger partial charge in [-0.15, -0.1) is 0 Å². The second-order valence-electron chi connectivity index (χ2n) is 3.90. The van der Waals surface area contributed by atoms with Gasteiger partial charge >= 0.3 is 0 Å². The van der Waals surface area contributed by atoms with Gasteiger partial charge < -0.3 is 5.73 Å². The van der Waals surface area contributed by atoms with E-state index >= 15 is 0 Å². The summed E-state index contributed by atoms with van der Waals surface area (Å²) in [6, 6.07) is 0. The van der Waals surface area contributed by atoms with Crippen molar-refractivity contribution in [3.63, 3.8) is 0 Å². The zero-order valence-corrected chi connectivity index (χ0v) is 10.5. The molecule has 1 aliphatic heterocycles. The normalized spacial score (nSPS) is 20.2. The summed E-state index contributed by atoms with van der Waals surface area (Å²) in [4.78, 5) is 18.5. The quantitative estimate of drug-likeness (QED) is 0.518. The van der Waals surface area contributed by atoms with Crippen molar-refractivity contribution in [3.8, 4) is 0 Å². The van der Waals surface area contributed by atoms with E-state index in [0.29, 0.717) is 25.9 Å². The molecule has 17 heavy (non-hydrogen) atoms. The molecule has 0 aromatic heterocycles. The summed E-state index contributed by atoms with van der Waals surface area (Å²) in [6.45, 7) is 3.84. The Morgan fingerprint density at radius 3 is 2.35 bits per heavy atom. The maximum Gasteiger partial charge on any atom is 0.252 e. The van der Waals surface area contributed by atoms with Crippen LogP contribution in [-0.4, -0.2) is 50.7 Å². The number of carbonyl (C=O) groups excluding carboxylic acids is 1. The highest BCUT2D eigenvalue weighted by Gasteiger charge is 2.28. The Kier molecular flexibility index (Phi) is 4.35. The molecule has 0 spiro atoms. The number of hydrogen-bond donors (Lipinski definition) is 1. The lowest BCUT2D eigenvalue weighted by atomic mass is 9.98. The van der Waals surface area contributed by atoms with Crippen LogP contribution in [0.4, 0.5) is 0 Å². The molecule has 0 aliphatic carbocycles. The van der Waals surface area contributed by atoms with Gasteiger partial charge in [-0.2, -0.15) is 4.99 Å². The fourth-order valence-corrected chi connectivity index (χ4v) is 2.55. The number of piperidine rings is 1. The molecule has 0 unspecified atom stereocenters. The van der Waals surface area contributed by atoms with Gasteiger partial charge in [0.2, 0.25) is 16.0 Å². The molecule has 0 aromatic rings. The third-order valence-corrected chi connectivity index (χ3v) is 3.96. The molecule has 8 heteroatoms. The Morgan fingerprint density at radius 2 is 1.94 bits per heavy atom. The molecule has 2 N–H and O–H groups in total. The lowest BCUT2D eigenvalue weighted by Crippen LogP contribution is -2.39. The molecule has 7 nitrogen and oxygen atoms in total. The summed E-state index contributed by atoms with van der Waals surface area (Å²) in [5.41, 5.74) is 5.27. The lowest BCUT2D eigenvalue weighted by Gasteiger charge is -2.28. The van der Waals surface area contributed by atoms with Crippen LogP contribution in [0.1, 0.15) is 12.8 Å². The molecule has 1 heterocycles. The number of sulfonamides is 1. The minimum Gasteiger partial charge on any atom is -0.368 e. The average Bonchev–Trinajstić information content (AvgIpc) is 2.27. The van der Waals surface area contributed by atoms with E-state index in [0.717, 1.165) is 6.26 Å². The van der Waals surface area contributed by atoms with E-state index in [1.165, 1.54) is 4.31 Å². The van der Waals surface area contributed by atoms with Gasteiger partial charge in [0.05, 0.1) is 6.26 Å². The Bertz CT molecular complexity index is 435. The summed E-state index contributed by atoms with van der Waals surface area (Å²) >= 11 is 0. The first-order chi connectivity index (χ1) is 7.84. The Labute approximate surface area is 100 Å². The van der Waals surface area contributed by atoms with Gasteiger partial charge in [-0.25, -0.2) is 17.7 Å². The molecular weight excluding hydrogens is 244 g/mol. The van der Waals surface area contributed by atoms with Crippen LogP contribution >= 0.6 is 0 Å². The van der Waals surface area contributed by atoms with E-state index in [4.69, 9.17) is 5.73 Å². The average molecular weight is 260 g/mol. The van der Waals surface area contributed by atoms with E-state index in [9.17, 15) is 13.2 Å². The van der Waals surface area contributed by atoms with Gasteiger partial charge in [-0.1, -0.05) is 0 Å². The molecule has 0 aromatic carbocycles. The SMILES string of the molecule is C=NC(N)=NC(=O)C1CCN(S(C)(=O)=O)CC1. The molecule has 0 radical (unpaired) electrons. The molecular formula is C9H16N4O3S. The maximum absolute atomic E-state index is 11.6. The molecule has 1 amide bonds. The first kappa shape index (κ1) is 13.8. The van der Waals surface area contributed by atoms with Crippen LogP contribution in [0.15, 0.2) is 9.98 Å². The van der Waals surface area contributed by atoms with Crippen LogP contribution in [0.25, 0.3) is 0 Å². The maximum atomic E-state index is 11.6. The monoisotopic (exact) mass is 260 g/mol. The second-order valence-corrected chi connectivity index (χ2v) is 5.89. The van der Waals surface area contributed by atoms with Crippen LogP contribution in [-0.2, 0) is 14.8 Å². The topological polar surface area (TPSA) is 105 Å². The van der Waals surface area contributed by atoms with Crippen molar-refractivity contribution in [3.05, 3.63) is 0 Å². The van der Waals surface area contributed by atoms with Crippen molar-refractivity contribution in [2.24, 2.45) is 21.6 Å². The number of guanidine groups is 1.